The van der Waals surface area contributed by atoms with Gasteiger partial charge in [-0.05, 0) is 0 Å². The maximum atomic E-state index is 10.7. The van der Waals surface area contributed by atoms with Gasteiger partial charge in [0.1, 0.15) is 0 Å². The van der Waals surface area contributed by atoms with Gasteiger partial charge in [0.15, 0.2) is 0 Å². The first-order chi connectivity index (χ1) is 5.24. The van der Waals surface area contributed by atoms with Gasteiger partial charge in [0.2, 0.25) is 6.10 Å². The minimum Gasteiger partial charge on any atom is -0.463 e. The number of esters is 2. The van der Waals surface area contributed by atoms with Crippen molar-refractivity contribution in [3.05, 3.63) is 0 Å². The molecular formula is C7H10O4. The first kappa shape index (κ1) is 8.04. The molecule has 1 rings (SSSR count). The summed E-state index contributed by atoms with van der Waals surface area (Å²) in [6, 6.07) is 0. The van der Waals surface area contributed by atoms with Crippen LogP contribution in [-0.2, 0) is 19.1 Å². The lowest BCUT2D eigenvalue weighted by atomic mass is 10.3. The summed E-state index contributed by atoms with van der Waals surface area (Å²) >= 11 is 0. The maximum absolute atomic E-state index is 10.7. The highest BCUT2D eigenvalue weighted by molar-refractivity contribution is 5.80. The molecule has 0 unspecified atom stereocenters. The van der Waals surface area contributed by atoms with Crippen molar-refractivity contribution in [1.29, 1.82) is 0 Å². The fourth-order valence-corrected chi connectivity index (χ4v) is 0.826. The van der Waals surface area contributed by atoms with Gasteiger partial charge in [-0.2, -0.15) is 0 Å². The fourth-order valence-electron chi connectivity index (χ4n) is 0.826. The molecule has 1 aliphatic heterocycles. The fraction of sp³-hybridized carbons (Fsp3) is 0.714. The van der Waals surface area contributed by atoms with E-state index in [1.165, 1.54) is 0 Å². The van der Waals surface area contributed by atoms with Crippen molar-refractivity contribution in [3.63, 3.8) is 0 Å². The molecule has 1 saturated heterocycles. The van der Waals surface area contributed by atoms with E-state index < -0.39 is 12.1 Å². The smallest absolute Gasteiger partial charge is 0.347 e. The van der Waals surface area contributed by atoms with Crippen LogP contribution in [0, 0.1) is 0 Å². The van der Waals surface area contributed by atoms with Crippen LogP contribution in [0.2, 0.25) is 0 Å². The molecule has 0 amide bonds. The molecule has 1 fully saturated rings. The zero-order valence-corrected chi connectivity index (χ0v) is 6.33. The van der Waals surface area contributed by atoms with E-state index in [1.807, 2.05) is 0 Å². The Morgan fingerprint density at radius 2 is 2.55 bits per heavy atom. The van der Waals surface area contributed by atoms with E-state index in [1.54, 1.807) is 6.92 Å². The van der Waals surface area contributed by atoms with Crippen LogP contribution in [0.3, 0.4) is 0 Å². The van der Waals surface area contributed by atoms with Gasteiger partial charge < -0.3 is 9.47 Å². The van der Waals surface area contributed by atoms with Crippen molar-refractivity contribution in [2.45, 2.75) is 25.9 Å². The Kier molecular flexibility index (Phi) is 2.46. The Labute approximate surface area is 64.5 Å². The number of cyclic esters (lactones) is 1. The third kappa shape index (κ3) is 1.93. The normalized spacial score (nSPS) is 23.0. The van der Waals surface area contributed by atoms with Crippen molar-refractivity contribution < 1.29 is 19.1 Å². The molecule has 4 heteroatoms. The predicted molar refractivity (Wildman–Crippen MR) is 35.7 cm³/mol. The Morgan fingerprint density at radius 3 is 3.00 bits per heavy atom. The molecule has 0 aliphatic carbocycles. The SMILES string of the molecule is CCC(=O)O[C@@H]1CCOC1=O. The summed E-state index contributed by atoms with van der Waals surface area (Å²) in [5, 5.41) is 0. The second kappa shape index (κ2) is 3.37. The Bertz CT molecular complexity index is 175. The Morgan fingerprint density at radius 1 is 1.82 bits per heavy atom. The van der Waals surface area contributed by atoms with Crippen LogP contribution in [0.1, 0.15) is 19.8 Å². The molecule has 0 bridgehead atoms. The third-order valence-electron chi connectivity index (χ3n) is 1.45. The molecule has 1 heterocycles. The number of carbonyl (C=O) groups is 2. The van der Waals surface area contributed by atoms with Gasteiger partial charge >= 0.3 is 11.9 Å². The van der Waals surface area contributed by atoms with Gasteiger partial charge in [-0.3, -0.25) is 4.79 Å². The molecular weight excluding hydrogens is 148 g/mol. The minimum absolute atomic E-state index is 0.295. The van der Waals surface area contributed by atoms with Crippen LogP contribution < -0.4 is 0 Å². The Hall–Kier alpha value is -1.06. The van der Waals surface area contributed by atoms with Gasteiger partial charge in [-0.25, -0.2) is 4.79 Å². The Balaban J connectivity index is 2.36. The second-order valence-corrected chi connectivity index (χ2v) is 2.29. The number of hydrogen-bond acceptors (Lipinski definition) is 4. The van der Waals surface area contributed by atoms with Crippen molar-refractivity contribution in [1.82, 2.24) is 0 Å². The van der Waals surface area contributed by atoms with Crippen molar-refractivity contribution in [2.75, 3.05) is 6.61 Å². The second-order valence-electron chi connectivity index (χ2n) is 2.29. The summed E-state index contributed by atoms with van der Waals surface area (Å²) in [4.78, 5) is 21.4. The van der Waals surface area contributed by atoms with E-state index in [0.717, 1.165) is 0 Å². The molecule has 0 N–H and O–H groups in total. The lowest BCUT2D eigenvalue weighted by Crippen LogP contribution is -2.21. The van der Waals surface area contributed by atoms with Crippen LogP contribution in [0.5, 0.6) is 0 Å². The van der Waals surface area contributed by atoms with Crippen molar-refractivity contribution in [2.24, 2.45) is 0 Å². The van der Waals surface area contributed by atoms with Crippen LogP contribution in [0.4, 0.5) is 0 Å². The number of ether oxygens (including phenoxy) is 2. The highest BCUT2D eigenvalue weighted by Crippen LogP contribution is 2.10. The largest absolute Gasteiger partial charge is 0.463 e. The first-order valence-corrected chi connectivity index (χ1v) is 3.60. The molecule has 0 aromatic heterocycles. The molecule has 0 saturated carbocycles. The highest BCUT2D eigenvalue weighted by Gasteiger charge is 2.29. The van der Waals surface area contributed by atoms with E-state index >= 15 is 0 Å². The minimum atomic E-state index is -0.651. The quantitative estimate of drug-likeness (QED) is 0.541. The topological polar surface area (TPSA) is 52.6 Å². The van der Waals surface area contributed by atoms with E-state index in [4.69, 9.17) is 4.74 Å². The zero-order valence-electron chi connectivity index (χ0n) is 6.33. The lowest BCUT2D eigenvalue weighted by Gasteiger charge is -2.05. The molecule has 0 aromatic rings. The van der Waals surface area contributed by atoms with Crippen LogP contribution in [0.15, 0.2) is 0 Å². The third-order valence-corrected chi connectivity index (χ3v) is 1.45. The number of carbonyl (C=O) groups excluding carboxylic acids is 2. The lowest BCUT2D eigenvalue weighted by molar-refractivity contribution is -0.159. The van der Waals surface area contributed by atoms with Crippen LogP contribution in [-0.4, -0.2) is 24.6 Å². The van der Waals surface area contributed by atoms with Gasteiger partial charge in [-0.15, -0.1) is 0 Å². The van der Waals surface area contributed by atoms with Gasteiger partial charge in [-0.1, -0.05) is 6.92 Å². The standard InChI is InChI=1S/C7H10O4/c1-2-6(8)11-5-3-4-10-7(5)9/h5H,2-4H2,1H3/t5-/m1/s1. The predicted octanol–water partition coefficient (Wildman–Crippen LogP) is 0.255. The number of rotatable bonds is 2. The maximum Gasteiger partial charge on any atom is 0.347 e. The molecule has 0 spiro atoms. The summed E-state index contributed by atoms with van der Waals surface area (Å²) in [6.45, 7) is 2.04. The van der Waals surface area contributed by atoms with Gasteiger partial charge in [0.25, 0.3) is 0 Å². The monoisotopic (exact) mass is 158 g/mol. The molecule has 0 radical (unpaired) electrons. The van der Waals surface area contributed by atoms with Gasteiger partial charge in [0, 0.05) is 12.8 Å². The average molecular weight is 158 g/mol. The summed E-state index contributed by atoms with van der Waals surface area (Å²) in [6.07, 6.45) is 0.136. The van der Waals surface area contributed by atoms with Crippen molar-refractivity contribution >= 4 is 11.9 Å². The molecule has 1 atom stereocenters. The zero-order chi connectivity index (χ0) is 8.27. The highest BCUT2D eigenvalue weighted by atomic mass is 16.6. The van der Waals surface area contributed by atoms with E-state index in [9.17, 15) is 9.59 Å². The molecule has 1 aliphatic rings. The van der Waals surface area contributed by atoms with E-state index in [0.29, 0.717) is 19.4 Å². The summed E-state index contributed by atoms with van der Waals surface area (Å²) < 4.78 is 9.35. The van der Waals surface area contributed by atoms with Crippen molar-refractivity contribution in [3.8, 4) is 0 Å². The summed E-state index contributed by atoms with van der Waals surface area (Å²) in [5.41, 5.74) is 0. The molecule has 62 valence electrons. The molecule has 0 aromatic carbocycles. The van der Waals surface area contributed by atoms with Crippen LogP contribution >= 0.6 is 0 Å². The van der Waals surface area contributed by atoms with E-state index in [2.05, 4.69) is 4.74 Å². The summed E-state index contributed by atoms with van der Waals surface area (Å²) in [7, 11) is 0. The molecule has 11 heavy (non-hydrogen) atoms. The van der Waals surface area contributed by atoms with Crippen LogP contribution in [0.25, 0.3) is 0 Å². The average Bonchev–Trinajstić information content (AvgIpc) is 2.37. The summed E-state index contributed by atoms with van der Waals surface area (Å²) in [5.74, 6) is -0.777. The van der Waals surface area contributed by atoms with E-state index in [-0.39, 0.29) is 5.97 Å². The van der Waals surface area contributed by atoms with Gasteiger partial charge in [0.05, 0.1) is 6.61 Å². The number of hydrogen-bond donors (Lipinski definition) is 0. The first-order valence-electron chi connectivity index (χ1n) is 3.60. The molecule has 4 nitrogen and oxygen atoms in total.